The van der Waals surface area contributed by atoms with Gasteiger partial charge in [-0.25, -0.2) is 0 Å². The van der Waals surface area contributed by atoms with Crippen LogP contribution in [0.15, 0.2) is 16.5 Å². The predicted octanol–water partition coefficient (Wildman–Crippen LogP) is 2.21. The highest BCUT2D eigenvalue weighted by Crippen LogP contribution is 2.11. The fourth-order valence-electron chi connectivity index (χ4n) is 1.43. The van der Waals surface area contributed by atoms with Crippen LogP contribution in [0, 0.1) is 24.2 Å². The second-order valence-corrected chi connectivity index (χ2v) is 3.78. The lowest BCUT2D eigenvalue weighted by Crippen LogP contribution is -2.34. The molecule has 4 heteroatoms. The lowest BCUT2D eigenvalue weighted by atomic mass is 10.2. The molecule has 0 spiro atoms. The van der Waals surface area contributed by atoms with Crippen molar-refractivity contribution in [3.05, 3.63) is 23.7 Å². The van der Waals surface area contributed by atoms with Crippen LogP contribution < -0.4 is 0 Å². The Morgan fingerprint density at radius 1 is 1.62 bits per heavy atom. The van der Waals surface area contributed by atoms with Crippen LogP contribution in [0.5, 0.6) is 0 Å². The van der Waals surface area contributed by atoms with Crippen molar-refractivity contribution in [2.75, 3.05) is 13.1 Å². The molecular formula is C12H16N2O2. The maximum atomic E-state index is 12.0. The first-order chi connectivity index (χ1) is 7.58. The van der Waals surface area contributed by atoms with Crippen molar-refractivity contribution >= 4 is 5.91 Å². The van der Waals surface area contributed by atoms with Crippen LogP contribution in [0.4, 0.5) is 0 Å². The summed E-state index contributed by atoms with van der Waals surface area (Å²) < 4.78 is 5.27. The molecule has 1 rings (SSSR count). The third-order valence-corrected chi connectivity index (χ3v) is 2.33. The monoisotopic (exact) mass is 220 g/mol. The zero-order valence-corrected chi connectivity index (χ0v) is 9.86. The molecule has 16 heavy (non-hydrogen) atoms. The molecule has 0 saturated carbocycles. The number of aryl methyl sites for hydroxylation is 1. The summed E-state index contributed by atoms with van der Waals surface area (Å²) in [6, 6.07) is 5.54. The van der Waals surface area contributed by atoms with Crippen LogP contribution in [0.2, 0.25) is 0 Å². The predicted molar refractivity (Wildman–Crippen MR) is 59.8 cm³/mol. The Hall–Kier alpha value is -1.76. The van der Waals surface area contributed by atoms with Gasteiger partial charge in [-0.1, -0.05) is 0 Å². The molecule has 1 heterocycles. The Kier molecular flexibility index (Phi) is 4.12. The molecule has 0 saturated heterocycles. The zero-order chi connectivity index (χ0) is 12.1. The molecule has 0 bridgehead atoms. The third kappa shape index (κ3) is 2.86. The number of amides is 1. The lowest BCUT2D eigenvalue weighted by Gasteiger charge is -2.20. The minimum Gasteiger partial charge on any atom is -0.456 e. The fourth-order valence-corrected chi connectivity index (χ4v) is 1.43. The van der Waals surface area contributed by atoms with Crippen molar-refractivity contribution in [3.8, 4) is 6.07 Å². The lowest BCUT2D eigenvalue weighted by molar-refractivity contribution is 0.0719. The second-order valence-electron chi connectivity index (χ2n) is 3.78. The smallest absolute Gasteiger partial charge is 0.289 e. The van der Waals surface area contributed by atoms with Crippen molar-refractivity contribution in [2.45, 2.75) is 20.8 Å². The van der Waals surface area contributed by atoms with Gasteiger partial charge in [-0.15, -0.1) is 0 Å². The average molecular weight is 220 g/mol. The van der Waals surface area contributed by atoms with E-state index in [1.54, 1.807) is 30.9 Å². The minimum absolute atomic E-state index is 0.155. The molecule has 1 aromatic heterocycles. The van der Waals surface area contributed by atoms with Crippen molar-refractivity contribution < 1.29 is 9.21 Å². The Morgan fingerprint density at radius 2 is 2.31 bits per heavy atom. The van der Waals surface area contributed by atoms with Gasteiger partial charge in [0.2, 0.25) is 0 Å². The molecule has 1 amide bonds. The minimum atomic E-state index is -0.167. The van der Waals surface area contributed by atoms with E-state index in [1.807, 2.05) is 6.92 Å². The topological polar surface area (TPSA) is 57.2 Å². The van der Waals surface area contributed by atoms with E-state index in [0.29, 0.717) is 24.6 Å². The van der Waals surface area contributed by atoms with E-state index >= 15 is 0 Å². The van der Waals surface area contributed by atoms with Crippen molar-refractivity contribution in [2.24, 2.45) is 5.92 Å². The number of rotatable bonds is 4. The first-order valence-electron chi connectivity index (χ1n) is 5.33. The van der Waals surface area contributed by atoms with E-state index in [0.717, 1.165) is 0 Å². The Balaban J connectivity index is 2.74. The third-order valence-electron chi connectivity index (χ3n) is 2.33. The molecule has 1 aromatic rings. The highest BCUT2D eigenvalue weighted by molar-refractivity contribution is 5.91. The molecule has 0 fully saturated rings. The van der Waals surface area contributed by atoms with Crippen LogP contribution in [-0.2, 0) is 0 Å². The quantitative estimate of drug-likeness (QED) is 0.781. The molecule has 4 nitrogen and oxygen atoms in total. The summed E-state index contributed by atoms with van der Waals surface area (Å²) in [6.07, 6.45) is 0. The SMILES string of the molecule is CCN(CC(C)C#N)C(=O)c1ccc(C)o1. The second kappa shape index (κ2) is 5.36. The first kappa shape index (κ1) is 12.3. The molecule has 1 unspecified atom stereocenters. The van der Waals surface area contributed by atoms with Gasteiger partial charge in [0.05, 0.1) is 12.0 Å². The Morgan fingerprint density at radius 3 is 2.75 bits per heavy atom. The zero-order valence-electron chi connectivity index (χ0n) is 9.86. The molecule has 1 atom stereocenters. The van der Waals surface area contributed by atoms with Crippen molar-refractivity contribution in [3.63, 3.8) is 0 Å². The summed E-state index contributed by atoms with van der Waals surface area (Å²) in [5.74, 6) is 0.731. The summed E-state index contributed by atoms with van der Waals surface area (Å²) in [6.45, 7) is 6.49. The average Bonchev–Trinajstić information content (AvgIpc) is 2.71. The van der Waals surface area contributed by atoms with Gasteiger partial charge in [-0.3, -0.25) is 4.79 Å². The van der Waals surface area contributed by atoms with Crippen molar-refractivity contribution in [1.29, 1.82) is 5.26 Å². The Labute approximate surface area is 95.5 Å². The largest absolute Gasteiger partial charge is 0.456 e. The molecule has 86 valence electrons. The Bertz CT molecular complexity index is 403. The van der Waals surface area contributed by atoms with E-state index in [1.165, 1.54) is 0 Å². The molecular weight excluding hydrogens is 204 g/mol. The fraction of sp³-hybridized carbons (Fsp3) is 0.500. The molecule has 0 aliphatic carbocycles. The highest BCUT2D eigenvalue weighted by atomic mass is 16.3. The maximum absolute atomic E-state index is 12.0. The van der Waals surface area contributed by atoms with E-state index in [9.17, 15) is 4.79 Å². The molecule has 0 radical (unpaired) electrons. The van der Waals surface area contributed by atoms with Gasteiger partial charge in [-0.2, -0.15) is 5.26 Å². The number of carbonyl (C=O) groups is 1. The number of furan rings is 1. The maximum Gasteiger partial charge on any atom is 0.289 e. The summed E-state index contributed by atoms with van der Waals surface area (Å²) in [4.78, 5) is 13.6. The van der Waals surface area contributed by atoms with Gasteiger partial charge in [0, 0.05) is 13.1 Å². The standard InChI is InChI=1S/C12H16N2O2/c1-4-14(8-9(2)7-13)12(15)11-6-5-10(3)16-11/h5-6,9H,4,8H2,1-3H3. The van der Waals surface area contributed by atoms with Crippen molar-refractivity contribution in [1.82, 2.24) is 4.90 Å². The number of nitrogens with zero attached hydrogens (tertiary/aromatic N) is 2. The first-order valence-corrected chi connectivity index (χ1v) is 5.33. The summed E-state index contributed by atoms with van der Waals surface area (Å²) >= 11 is 0. The highest BCUT2D eigenvalue weighted by Gasteiger charge is 2.19. The van der Waals surface area contributed by atoms with Crippen LogP contribution in [0.25, 0.3) is 0 Å². The molecule has 0 aliphatic rings. The van der Waals surface area contributed by atoms with Crippen LogP contribution in [0.3, 0.4) is 0 Å². The van der Waals surface area contributed by atoms with E-state index in [2.05, 4.69) is 6.07 Å². The van der Waals surface area contributed by atoms with Gasteiger partial charge in [-0.05, 0) is 32.9 Å². The molecule has 0 aliphatic heterocycles. The van der Waals surface area contributed by atoms with Crippen LogP contribution in [-0.4, -0.2) is 23.9 Å². The number of nitriles is 1. The number of hydrogen-bond donors (Lipinski definition) is 0. The normalized spacial score (nSPS) is 11.9. The summed E-state index contributed by atoms with van der Waals surface area (Å²) in [7, 11) is 0. The van der Waals surface area contributed by atoms with E-state index in [-0.39, 0.29) is 11.8 Å². The van der Waals surface area contributed by atoms with Gasteiger partial charge < -0.3 is 9.32 Å². The van der Waals surface area contributed by atoms with Gasteiger partial charge in [0.15, 0.2) is 5.76 Å². The molecule has 0 N–H and O–H groups in total. The van der Waals surface area contributed by atoms with Crippen LogP contribution in [0.1, 0.15) is 30.2 Å². The number of carbonyl (C=O) groups excluding carboxylic acids is 1. The number of hydrogen-bond acceptors (Lipinski definition) is 3. The van der Waals surface area contributed by atoms with Gasteiger partial charge in [0.25, 0.3) is 5.91 Å². The van der Waals surface area contributed by atoms with Gasteiger partial charge >= 0.3 is 0 Å². The summed E-state index contributed by atoms with van der Waals surface area (Å²) in [5, 5.41) is 8.72. The van der Waals surface area contributed by atoms with E-state index < -0.39 is 0 Å². The summed E-state index contributed by atoms with van der Waals surface area (Å²) in [5.41, 5.74) is 0. The van der Waals surface area contributed by atoms with E-state index in [4.69, 9.17) is 9.68 Å². The molecule has 0 aromatic carbocycles. The van der Waals surface area contributed by atoms with Crippen LogP contribution >= 0.6 is 0 Å². The van der Waals surface area contributed by atoms with Gasteiger partial charge in [0.1, 0.15) is 5.76 Å².